The Balaban J connectivity index is 2.56. The van der Waals surface area contributed by atoms with Crippen molar-refractivity contribution in [3.8, 4) is 5.75 Å². The van der Waals surface area contributed by atoms with Crippen LogP contribution in [0.1, 0.15) is 33.3 Å². The van der Waals surface area contributed by atoms with Gasteiger partial charge in [-0.3, -0.25) is 4.79 Å². The highest BCUT2D eigenvalue weighted by molar-refractivity contribution is 8.01. The highest BCUT2D eigenvalue weighted by Crippen LogP contribution is 2.24. The lowest BCUT2D eigenvalue weighted by molar-refractivity contribution is -0.131. The summed E-state index contributed by atoms with van der Waals surface area (Å²) in [7, 11) is 0. The summed E-state index contributed by atoms with van der Waals surface area (Å²) < 4.78 is 5.46. The van der Waals surface area contributed by atoms with Gasteiger partial charge < -0.3 is 4.74 Å². The average molecular weight is 252 g/mol. The molecule has 0 aliphatic heterocycles. The molecule has 17 heavy (non-hydrogen) atoms. The molecule has 0 amide bonds. The number of ether oxygens (including phenoxy) is 1. The first-order chi connectivity index (χ1) is 7.92. The van der Waals surface area contributed by atoms with Gasteiger partial charge in [-0.15, -0.1) is 11.8 Å². The minimum Gasteiger partial charge on any atom is -0.426 e. The van der Waals surface area contributed by atoms with Gasteiger partial charge in [-0.1, -0.05) is 45.9 Å². The quantitative estimate of drug-likeness (QED) is 0.604. The monoisotopic (exact) mass is 252 g/mol. The molecule has 0 bridgehead atoms. The summed E-state index contributed by atoms with van der Waals surface area (Å²) in [6.07, 6.45) is 0.871. The zero-order valence-corrected chi connectivity index (χ0v) is 11.8. The molecule has 3 heteroatoms. The van der Waals surface area contributed by atoms with Crippen molar-refractivity contribution in [2.45, 2.75) is 38.9 Å². The van der Waals surface area contributed by atoms with Crippen LogP contribution in [0, 0.1) is 0 Å². The minimum absolute atomic E-state index is 0.0866. The number of esters is 1. The Morgan fingerprint density at radius 3 is 2.53 bits per heavy atom. The van der Waals surface area contributed by atoms with Crippen molar-refractivity contribution in [2.24, 2.45) is 0 Å². The topological polar surface area (TPSA) is 26.3 Å². The molecule has 94 valence electrons. The van der Waals surface area contributed by atoms with E-state index in [4.69, 9.17) is 4.74 Å². The maximum atomic E-state index is 11.7. The molecule has 0 spiro atoms. The molecule has 0 radical (unpaired) electrons. The van der Waals surface area contributed by atoms with Gasteiger partial charge in [-0.25, -0.2) is 0 Å². The minimum atomic E-state index is -0.175. The molecule has 0 aromatic heterocycles. The van der Waals surface area contributed by atoms with Gasteiger partial charge in [0.15, 0.2) is 0 Å². The SMILES string of the molecule is CCc1ccccc1OC(=O)CSC(C)(C)C. The van der Waals surface area contributed by atoms with Gasteiger partial charge in [0.1, 0.15) is 5.75 Å². The first-order valence-corrected chi connectivity index (χ1v) is 6.83. The van der Waals surface area contributed by atoms with Crippen LogP contribution in [0.15, 0.2) is 24.3 Å². The molecule has 0 heterocycles. The number of hydrogen-bond acceptors (Lipinski definition) is 3. The van der Waals surface area contributed by atoms with Crippen LogP contribution in [0.5, 0.6) is 5.75 Å². The molecule has 0 N–H and O–H groups in total. The van der Waals surface area contributed by atoms with E-state index < -0.39 is 0 Å². The molecule has 0 atom stereocenters. The summed E-state index contributed by atoms with van der Waals surface area (Å²) in [5, 5.41) is 0. The van der Waals surface area contributed by atoms with Crippen LogP contribution >= 0.6 is 11.8 Å². The fourth-order valence-corrected chi connectivity index (χ4v) is 1.93. The zero-order chi connectivity index (χ0) is 12.9. The molecule has 0 aliphatic carbocycles. The van der Waals surface area contributed by atoms with E-state index in [1.54, 1.807) is 11.8 Å². The molecule has 0 saturated carbocycles. The van der Waals surface area contributed by atoms with Crippen LogP contribution in [-0.2, 0) is 11.2 Å². The Bertz CT molecular complexity index is 380. The number of carbonyl (C=O) groups is 1. The van der Waals surface area contributed by atoms with Gasteiger partial charge in [-0.05, 0) is 18.1 Å². The molecule has 0 saturated heterocycles. The fourth-order valence-electron chi connectivity index (χ4n) is 1.32. The van der Waals surface area contributed by atoms with Crippen LogP contribution in [0.4, 0.5) is 0 Å². The number of carbonyl (C=O) groups excluding carboxylic acids is 1. The molecule has 0 unspecified atom stereocenters. The molecular weight excluding hydrogens is 232 g/mol. The number of rotatable bonds is 4. The smallest absolute Gasteiger partial charge is 0.321 e. The largest absolute Gasteiger partial charge is 0.426 e. The predicted octanol–water partition coefficient (Wildman–Crippen LogP) is 3.69. The molecule has 1 aromatic carbocycles. The average Bonchev–Trinajstić information content (AvgIpc) is 2.26. The molecule has 1 aromatic rings. The van der Waals surface area contributed by atoms with Crippen LogP contribution in [0.3, 0.4) is 0 Å². The number of thioether (sulfide) groups is 1. The van der Waals surface area contributed by atoms with E-state index in [9.17, 15) is 4.79 Å². The highest BCUT2D eigenvalue weighted by atomic mass is 32.2. The lowest BCUT2D eigenvalue weighted by Gasteiger charge is -2.17. The molecule has 2 nitrogen and oxygen atoms in total. The van der Waals surface area contributed by atoms with Crippen molar-refractivity contribution in [3.05, 3.63) is 29.8 Å². The normalized spacial score (nSPS) is 11.3. The number of hydrogen-bond donors (Lipinski definition) is 0. The second kappa shape index (κ2) is 6.10. The summed E-state index contributed by atoms with van der Waals surface area (Å²) >= 11 is 1.60. The summed E-state index contributed by atoms with van der Waals surface area (Å²) in [4.78, 5) is 11.7. The maximum absolute atomic E-state index is 11.7. The lowest BCUT2D eigenvalue weighted by Crippen LogP contribution is -2.17. The third-order valence-corrected chi connectivity index (χ3v) is 3.45. The zero-order valence-electron chi connectivity index (χ0n) is 10.9. The van der Waals surface area contributed by atoms with Gasteiger partial charge in [0.25, 0.3) is 0 Å². The summed E-state index contributed by atoms with van der Waals surface area (Å²) in [6, 6.07) is 7.68. The van der Waals surface area contributed by atoms with Crippen molar-refractivity contribution in [2.75, 3.05) is 5.75 Å². The van der Waals surface area contributed by atoms with Gasteiger partial charge in [0.05, 0.1) is 5.75 Å². The van der Waals surface area contributed by atoms with E-state index in [0.29, 0.717) is 11.5 Å². The van der Waals surface area contributed by atoms with Gasteiger partial charge >= 0.3 is 5.97 Å². The van der Waals surface area contributed by atoms with E-state index in [-0.39, 0.29) is 10.7 Å². The van der Waals surface area contributed by atoms with Crippen LogP contribution in [-0.4, -0.2) is 16.5 Å². The van der Waals surface area contributed by atoms with Crippen molar-refractivity contribution in [1.29, 1.82) is 0 Å². The van der Waals surface area contributed by atoms with E-state index in [1.165, 1.54) is 0 Å². The molecular formula is C14H20O2S. The van der Waals surface area contributed by atoms with E-state index in [0.717, 1.165) is 12.0 Å². The lowest BCUT2D eigenvalue weighted by atomic mass is 10.1. The third kappa shape index (κ3) is 5.26. The Morgan fingerprint density at radius 1 is 1.29 bits per heavy atom. The molecule has 0 fully saturated rings. The highest BCUT2D eigenvalue weighted by Gasteiger charge is 2.15. The molecule has 1 rings (SSSR count). The predicted molar refractivity (Wildman–Crippen MR) is 73.7 cm³/mol. The van der Waals surface area contributed by atoms with Gasteiger partial charge in [0.2, 0.25) is 0 Å². The number of para-hydroxylation sites is 1. The number of benzene rings is 1. The van der Waals surface area contributed by atoms with Crippen LogP contribution in [0.25, 0.3) is 0 Å². The summed E-state index contributed by atoms with van der Waals surface area (Å²) in [5.74, 6) is 0.905. The second-order valence-corrected chi connectivity index (χ2v) is 6.64. The third-order valence-electron chi connectivity index (χ3n) is 2.20. The van der Waals surface area contributed by atoms with E-state index in [1.807, 2.05) is 24.3 Å². The van der Waals surface area contributed by atoms with Crippen LogP contribution in [0.2, 0.25) is 0 Å². The van der Waals surface area contributed by atoms with Gasteiger partial charge in [-0.2, -0.15) is 0 Å². The Hall–Kier alpha value is -0.960. The van der Waals surface area contributed by atoms with Crippen LogP contribution < -0.4 is 4.74 Å². The first-order valence-electron chi connectivity index (χ1n) is 5.85. The van der Waals surface area contributed by atoms with E-state index in [2.05, 4.69) is 27.7 Å². The second-order valence-electron chi connectivity index (χ2n) is 4.84. The Morgan fingerprint density at radius 2 is 1.94 bits per heavy atom. The van der Waals surface area contributed by atoms with Gasteiger partial charge in [0, 0.05) is 4.75 Å². The maximum Gasteiger partial charge on any atom is 0.321 e. The standard InChI is InChI=1S/C14H20O2S/c1-5-11-8-6-7-9-12(11)16-13(15)10-17-14(2,3)4/h6-9H,5,10H2,1-4H3. The summed E-state index contributed by atoms with van der Waals surface area (Å²) in [6.45, 7) is 8.32. The summed E-state index contributed by atoms with van der Waals surface area (Å²) in [5.41, 5.74) is 1.07. The fraction of sp³-hybridized carbons (Fsp3) is 0.500. The van der Waals surface area contributed by atoms with Crippen molar-refractivity contribution >= 4 is 17.7 Å². The Kier molecular flexibility index (Phi) is 5.06. The van der Waals surface area contributed by atoms with E-state index >= 15 is 0 Å². The molecule has 0 aliphatic rings. The van der Waals surface area contributed by atoms with Crippen molar-refractivity contribution < 1.29 is 9.53 Å². The van der Waals surface area contributed by atoms with Crippen molar-refractivity contribution in [3.63, 3.8) is 0 Å². The first kappa shape index (κ1) is 14.1. The van der Waals surface area contributed by atoms with Crippen molar-refractivity contribution in [1.82, 2.24) is 0 Å². The number of aryl methyl sites for hydroxylation is 1. The Labute approximate surface area is 108 Å².